The maximum atomic E-state index is 12.9. The smallest absolute Gasteiger partial charge is 0.270 e. The van der Waals surface area contributed by atoms with Crippen molar-refractivity contribution in [1.82, 2.24) is 20.2 Å². The van der Waals surface area contributed by atoms with E-state index in [1.54, 1.807) is 6.07 Å². The van der Waals surface area contributed by atoms with E-state index in [1.807, 2.05) is 55.4 Å². The number of anilines is 2. The lowest BCUT2D eigenvalue weighted by molar-refractivity contribution is 0.0945. The minimum Gasteiger partial charge on any atom is -0.399 e. The van der Waals surface area contributed by atoms with Gasteiger partial charge >= 0.3 is 0 Å². The summed E-state index contributed by atoms with van der Waals surface area (Å²) in [5.74, 6) is 1.03. The van der Waals surface area contributed by atoms with Gasteiger partial charge in [0.15, 0.2) is 5.16 Å². The molecule has 1 aliphatic rings. The van der Waals surface area contributed by atoms with Crippen LogP contribution in [0.4, 0.5) is 11.5 Å². The van der Waals surface area contributed by atoms with Gasteiger partial charge in [-0.2, -0.15) is 0 Å². The van der Waals surface area contributed by atoms with Gasteiger partial charge in [0.05, 0.1) is 6.04 Å². The number of nitrogens with one attached hydrogen (secondary N) is 2. The van der Waals surface area contributed by atoms with E-state index in [4.69, 9.17) is 10.7 Å². The zero-order valence-corrected chi connectivity index (χ0v) is 20.4. The van der Waals surface area contributed by atoms with Crippen LogP contribution in [0.1, 0.15) is 41.0 Å². The van der Waals surface area contributed by atoms with Crippen LogP contribution in [0.25, 0.3) is 0 Å². The van der Waals surface area contributed by atoms with Crippen molar-refractivity contribution in [3.8, 4) is 0 Å². The van der Waals surface area contributed by atoms with E-state index in [0.717, 1.165) is 29.3 Å². The number of amides is 1. The molecule has 3 aromatic rings. The molecule has 1 amide bonds. The van der Waals surface area contributed by atoms with E-state index >= 15 is 0 Å². The SMILES string of the molecule is CCC1N=C(Nc2cc(C(=O)NCCN(C)C)nc(Sc3ccc(N)cc3)n2)c2ccccc21. The van der Waals surface area contributed by atoms with Crippen LogP contribution in [0.15, 0.2) is 69.6 Å². The summed E-state index contributed by atoms with van der Waals surface area (Å²) in [4.78, 5) is 29.8. The average Bonchev–Trinajstić information content (AvgIpc) is 3.17. The summed E-state index contributed by atoms with van der Waals surface area (Å²) >= 11 is 1.37. The highest BCUT2D eigenvalue weighted by Crippen LogP contribution is 2.32. The van der Waals surface area contributed by atoms with Crippen LogP contribution in [-0.4, -0.2) is 53.8 Å². The fourth-order valence-corrected chi connectivity index (χ4v) is 4.38. The molecule has 1 aromatic heterocycles. The number of hydrogen-bond acceptors (Lipinski definition) is 8. The van der Waals surface area contributed by atoms with Crippen LogP contribution in [0.3, 0.4) is 0 Å². The predicted molar refractivity (Wildman–Crippen MR) is 138 cm³/mol. The Morgan fingerprint density at radius 1 is 1.12 bits per heavy atom. The molecular weight excluding hydrogens is 446 g/mol. The first kappa shape index (κ1) is 23.7. The van der Waals surface area contributed by atoms with Crippen LogP contribution in [0.5, 0.6) is 0 Å². The van der Waals surface area contributed by atoms with E-state index in [2.05, 4.69) is 39.7 Å². The Labute approximate surface area is 204 Å². The molecule has 1 unspecified atom stereocenters. The van der Waals surface area contributed by atoms with Crippen LogP contribution in [-0.2, 0) is 0 Å². The normalized spacial score (nSPS) is 14.6. The zero-order valence-electron chi connectivity index (χ0n) is 19.6. The van der Waals surface area contributed by atoms with Gasteiger partial charge in [0.25, 0.3) is 5.91 Å². The van der Waals surface area contributed by atoms with E-state index in [-0.39, 0.29) is 11.9 Å². The number of aromatic nitrogens is 2. The monoisotopic (exact) mass is 475 g/mol. The highest BCUT2D eigenvalue weighted by atomic mass is 32.2. The highest BCUT2D eigenvalue weighted by molar-refractivity contribution is 7.99. The number of nitrogen functional groups attached to an aromatic ring is 1. The number of likely N-dealkylation sites (N-methyl/N-ethyl adjacent to an activating group) is 1. The quantitative estimate of drug-likeness (QED) is 0.336. The third-order valence-corrected chi connectivity index (χ3v) is 6.24. The Bertz CT molecular complexity index is 1190. The van der Waals surface area contributed by atoms with E-state index < -0.39 is 0 Å². The number of carbonyl (C=O) groups excluding carboxylic acids is 1. The Morgan fingerprint density at radius 2 is 1.88 bits per heavy atom. The molecule has 1 atom stereocenters. The summed E-state index contributed by atoms with van der Waals surface area (Å²) in [5, 5.41) is 6.73. The second-order valence-corrected chi connectivity index (χ2v) is 9.31. The second-order valence-electron chi connectivity index (χ2n) is 8.27. The van der Waals surface area contributed by atoms with Gasteiger partial charge in [0.2, 0.25) is 0 Å². The first-order valence-corrected chi connectivity index (χ1v) is 12.0. The minimum absolute atomic E-state index is 0.109. The molecule has 2 aromatic carbocycles. The summed E-state index contributed by atoms with van der Waals surface area (Å²) in [6.07, 6.45) is 0.906. The van der Waals surface area contributed by atoms with Gasteiger partial charge < -0.3 is 21.3 Å². The van der Waals surface area contributed by atoms with Crippen molar-refractivity contribution < 1.29 is 4.79 Å². The van der Waals surface area contributed by atoms with Gasteiger partial charge in [-0.15, -0.1) is 0 Å². The summed E-state index contributed by atoms with van der Waals surface area (Å²) in [6, 6.07) is 17.4. The van der Waals surface area contributed by atoms with Gasteiger partial charge in [-0.3, -0.25) is 9.79 Å². The number of amidine groups is 1. The molecule has 2 heterocycles. The van der Waals surface area contributed by atoms with Crippen molar-refractivity contribution in [3.05, 3.63) is 71.4 Å². The number of nitrogens with two attached hydrogens (primary N) is 1. The number of nitrogens with zero attached hydrogens (tertiary/aromatic N) is 4. The third kappa shape index (κ3) is 5.73. The molecule has 0 bridgehead atoms. The van der Waals surface area contributed by atoms with E-state index in [9.17, 15) is 4.79 Å². The van der Waals surface area contributed by atoms with Gasteiger partial charge in [-0.25, -0.2) is 9.97 Å². The number of carbonyl (C=O) groups is 1. The van der Waals surface area contributed by atoms with Crippen LogP contribution < -0.4 is 16.4 Å². The Balaban J connectivity index is 1.63. The van der Waals surface area contributed by atoms with Crippen molar-refractivity contribution in [2.45, 2.75) is 29.4 Å². The van der Waals surface area contributed by atoms with Crippen LogP contribution >= 0.6 is 11.8 Å². The molecule has 34 heavy (non-hydrogen) atoms. The molecule has 4 N–H and O–H groups in total. The van der Waals surface area contributed by atoms with Crippen molar-refractivity contribution in [3.63, 3.8) is 0 Å². The Hall–Kier alpha value is -3.43. The topological polar surface area (TPSA) is 109 Å². The summed E-state index contributed by atoms with van der Waals surface area (Å²) in [7, 11) is 3.92. The number of aliphatic imine (C=N–C) groups is 1. The van der Waals surface area contributed by atoms with E-state index in [1.165, 1.54) is 17.3 Å². The number of rotatable bonds is 8. The summed E-state index contributed by atoms with van der Waals surface area (Å²) < 4.78 is 0. The van der Waals surface area contributed by atoms with Gasteiger partial charge in [-0.1, -0.05) is 31.2 Å². The zero-order chi connectivity index (χ0) is 24.1. The molecule has 0 saturated heterocycles. The number of hydrogen-bond donors (Lipinski definition) is 3. The fraction of sp³-hybridized carbons (Fsp3) is 0.280. The molecule has 0 spiro atoms. The van der Waals surface area contributed by atoms with Gasteiger partial charge in [0, 0.05) is 35.3 Å². The molecule has 9 heteroatoms. The first-order valence-electron chi connectivity index (χ1n) is 11.2. The molecule has 8 nitrogen and oxygen atoms in total. The maximum absolute atomic E-state index is 12.9. The van der Waals surface area contributed by atoms with Crippen molar-refractivity contribution >= 4 is 35.0 Å². The summed E-state index contributed by atoms with van der Waals surface area (Å²) in [6.45, 7) is 3.38. The van der Waals surface area contributed by atoms with Gasteiger partial charge in [0.1, 0.15) is 17.3 Å². The molecule has 1 aliphatic heterocycles. The lowest BCUT2D eigenvalue weighted by Crippen LogP contribution is -2.32. The third-order valence-electron chi connectivity index (χ3n) is 5.37. The van der Waals surface area contributed by atoms with E-state index in [0.29, 0.717) is 28.9 Å². The standard InChI is InChI=1S/C25H29N7OS/c1-4-20-18-7-5-6-8-19(18)23(28-20)30-22-15-21(24(33)27-13-14-32(2)3)29-25(31-22)34-17-11-9-16(26)10-12-17/h5-12,15,20H,4,13-14,26H2,1-3H3,(H,27,33)(H,28,29,30,31). The minimum atomic E-state index is -0.244. The molecule has 0 fully saturated rings. The van der Waals surface area contributed by atoms with Crippen molar-refractivity contribution in [2.24, 2.45) is 4.99 Å². The van der Waals surface area contributed by atoms with Crippen LogP contribution in [0.2, 0.25) is 0 Å². The average molecular weight is 476 g/mol. The molecular formula is C25H29N7OS. The molecule has 176 valence electrons. The Morgan fingerprint density at radius 3 is 2.62 bits per heavy atom. The van der Waals surface area contributed by atoms with Gasteiger partial charge in [-0.05, 0) is 62.1 Å². The maximum Gasteiger partial charge on any atom is 0.270 e. The predicted octanol–water partition coefficient (Wildman–Crippen LogP) is 3.82. The van der Waals surface area contributed by atoms with Crippen LogP contribution in [0, 0.1) is 0 Å². The van der Waals surface area contributed by atoms with Crippen molar-refractivity contribution in [2.75, 3.05) is 38.2 Å². The van der Waals surface area contributed by atoms with Crippen molar-refractivity contribution in [1.29, 1.82) is 0 Å². The fourth-order valence-electron chi connectivity index (χ4n) is 3.61. The number of fused-ring (bicyclic) bond motifs is 1. The molecule has 0 aliphatic carbocycles. The summed E-state index contributed by atoms with van der Waals surface area (Å²) in [5.41, 5.74) is 9.04. The lowest BCUT2D eigenvalue weighted by atomic mass is 10.0. The first-order chi connectivity index (χ1) is 16.4. The highest BCUT2D eigenvalue weighted by Gasteiger charge is 2.24. The number of benzene rings is 2. The Kier molecular flexibility index (Phi) is 7.44. The molecule has 4 rings (SSSR count). The molecule has 0 saturated carbocycles. The largest absolute Gasteiger partial charge is 0.399 e. The second kappa shape index (κ2) is 10.7. The molecule has 0 radical (unpaired) electrons. The lowest BCUT2D eigenvalue weighted by Gasteiger charge is -2.12.